The van der Waals surface area contributed by atoms with Crippen LogP contribution in [-0.2, 0) is 11.3 Å². The van der Waals surface area contributed by atoms with Crippen LogP contribution in [0.4, 0.5) is 0 Å². The molecule has 1 spiro atoms. The van der Waals surface area contributed by atoms with Crippen molar-refractivity contribution in [1.82, 2.24) is 9.80 Å². The number of likely N-dealkylation sites (tertiary alicyclic amines) is 2. The third-order valence-corrected chi connectivity index (χ3v) is 7.08. The smallest absolute Gasteiger partial charge is 0.253 e. The highest BCUT2D eigenvalue weighted by Gasteiger charge is 2.39. The summed E-state index contributed by atoms with van der Waals surface area (Å²) in [7, 11) is 0. The van der Waals surface area contributed by atoms with Gasteiger partial charge < -0.3 is 19.3 Å². The fourth-order valence-corrected chi connectivity index (χ4v) is 5.02. The van der Waals surface area contributed by atoms with Crippen LogP contribution >= 0.6 is 0 Å². The predicted molar refractivity (Wildman–Crippen MR) is 116 cm³/mol. The largest absolute Gasteiger partial charge is 0.454 e. The van der Waals surface area contributed by atoms with Gasteiger partial charge in [0.2, 0.25) is 12.7 Å². The van der Waals surface area contributed by atoms with Gasteiger partial charge in [0, 0.05) is 38.2 Å². The fourth-order valence-electron chi connectivity index (χ4n) is 5.02. The van der Waals surface area contributed by atoms with E-state index in [1.807, 2.05) is 34.1 Å². The number of carbonyl (C=O) groups is 2. The number of ether oxygens (including phenoxy) is 2. The Labute approximate surface area is 182 Å². The summed E-state index contributed by atoms with van der Waals surface area (Å²) in [6, 6.07) is 15.6. The van der Waals surface area contributed by atoms with Crippen molar-refractivity contribution >= 4 is 11.8 Å². The van der Waals surface area contributed by atoms with E-state index < -0.39 is 0 Å². The first kappa shape index (κ1) is 19.9. The molecule has 5 rings (SSSR count). The lowest BCUT2D eigenvalue weighted by atomic mass is 9.73. The number of carbonyl (C=O) groups excluding carboxylic acids is 2. The normalized spacial score (nSPS) is 20.1. The van der Waals surface area contributed by atoms with Gasteiger partial charge >= 0.3 is 0 Å². The summed E-state index contributed by atoms with van der Waals surface area (Å²) < 4.78 is 10.8. The Morgan fingerprint density at radius 2 is 1.65 bits per heavy atom. The first-order chi connectivity index (χ1) is 15.1. The van der Waals surface area contributed by atoms with Crippen LogP contribution in [0.3, 0.4) is 0 Å². The third-order valence-electron chi connectivity index (χ3n) is 7.08. The van der Waals surface area contributed by atoms with Gasteiger partial charge in [-0.3, -0.25) is 9.59 Å². The molecule has 2 amide bonds. The van der Waals surface area contributed by atoms with Crippen molar-refractivity contribution in [3.05, 3.63) is 59.7 Å². The van der Waals surface area contributed by atoms with Crippen LogP contribution in [0, 0.1) is 5.41 Å². The molecule has 3 heterocycles. The molecule has 0 atom stereocenters. The number of rotatable bonds is 3. The molecule has 0 aliphatic carbocycles. The number of amides is 2. The number of nitrogens with zero attached hydrogens (tertiary/aromatic N) is 2. The maximum Gasteiger partial charge on any atom is 0.253 e. The molecule has 2 aromatic carbocycles. The van der Waals surface area contributed by atoms with E-state index in [1.54, 1.807) is 12.1 Å². The molecular formula is C25H28N2O4. The zero-order valence-electron chi connectivity index (χ0n) is 17.7. The quantitative estimate of drug-likeness (QED) is 0.757. The average Bonchev–Trinajstić information content (AvgIpc) is 3.23. The van der Waals surface area contributed by atoms with Gasteiger partial charge in [0.05, 0.1) is 0 Å². The van der Waals surface area contributed by atoms with Crippen LogP contribution in [-0.4, -0.2) is 48.0 Å². The first-order valence-corrected chi connectivity index (χ1v) is 11.1. The first-order valence-electron chi connectivity index (χ1n) is 11.1. The number of benzene rings is 2. The zero-order chi connectivity index (χ0) is 21.3. The molecule has 31 heavy (non-hydrogen) atoms. The topological polar surface area (TPSA) is 59.1 Å². The highest BCUT2D eigenvalue weighted by atomic mass is 16.7. The molecule has 0 radical (unpaired) electrons. The summed E-state index contributed by atoms with van der Waals surface area (Å²) in [5.74, 6) is 1.63. The second kappa shape index (κ2) is 8.25. The molecule has 162 valence electrons. The minimum Gasteiger partial charge on any atom is -0.454 e. The van der Waals surface area contributed by atoms with E-state index in [-0.39, 0.29) is 24.0 Å². The molecule has 0 N–H and O–H groups in total. The second-order valence-electron chi connectivity index (χ2n) is 8.91. The number of fused-ring (bicyclic) bond motifs is 1. The minimum atomic E-state index is 0.0450. The van der Waals surface area contributed by atoms with Crippen molar-refractivity contribution in [3.8, 4) is 11.5 Å². The van der Waals surface area contributed by atoms with Crippen LogP contribution in [0.2, 0.25) is 0 Å². The van der Waals surface area contributed by atoms with Crippen LogP contribution in [0.5, 0.6) is 11.5 Å². The van der Waals surface area contributed by atoms with E-state index in [0.717, 1.165) is 45.3 Å². The molecule has 2 aromatic rings. The molecular weight excluding hydrogens is 392 g/mol. The Balaban J connectivity index is 1.20. The van der Waals surface area contributed by atoms with E-state index in [4.69, 9.17) is 9.47 Å². The summed E-state index contributed by atoms with van der Waals surface area (Å²) >= 11 is 0. The second-order valence-corrected chi connectivity index (χ2v) is 8.91. The highest BCUT2D eigenvalue weighted by molar-refractivity contribution is 5.95. The lowest BCUT2D eigenvalue weighted by molar-refractivity contribution is -0.131. The molecule has 0 unspecified atom stereocenters. The average molecular weight is 421 g/mol. The van der Waals surface area contributed by atoms with E-state index in [0.29, 0.717) is 30.0 Å². The summed E-state index contributed by atoms with van der Waals surface area (Å²) in [6.45, 7) is 3.16. The molecule has 6 nitrogen and oxygen atoms in total. The molecule has 2 saturated heterocycles. The molecule has 0 saturated carbocycles. The lowest BCUT2D eigenvalue weighted by Crippen LogP contribution is -2.43. The van der Waals surface area contributed by atoms with Crippen LogP contribution < -0.4 is 9.47 Å². The van der Waals surface area contributed by atoms with Gasteiger partial charge in [-0.2, -0.15) is 0 Å². The van der Waals surface area contributed by atoms with Crippen LogP contribution in [0.25, 0.3) is 0 Å². The van der Waals surface area contributed by atoms with Gasteiger partial charge in [0.1, 0.15) is 0 Å². The van der Waals surface area contributed by atoms with Crippen LogP contribution in [0.15, 0.2) is 48.5 Å². The Kier molecular flexibility index (Phi) is 5.30. The number of piperidine rings is 1. The Morgan fingerprint density at radius 3 is 2.45 bits per heavy atom. The van der Waals surface area contributed by atoms with Gasteiger partial charge in [-0.25, -0.2) is 0 Å². The van der Waals surface area contributed by atoms with Crippen molar-refractivity contribution in [2.24, 2.45) is 5.41 Å². The monoisotopic (exact) mass is 420 g/mol. The van der Waals surface area contributed by atoms with Crippen molar-refractivity contribution in [3.63, 3.8) is 0 Å². The summed E-state index contributed by atoms with van der Waals surface area (Å²) in [4.78, 5) is 29.7. The number of hydrogen-bond donors (Lipinski definition) is 0. The maximum absolute atomic E-state index is 13.0. The van der Waals surface area contributed by atoms with Crippen molar-refractivity contribution in [1.29, 1.82) is 0 Å². The molecule has 3 aliphatic rings. The van der Waals surface area contributed by atoms with E-state index in [2.05, 4.69) is 12.1 Å². The van der Waals surface area contributed by atoms with E-state index >= 15 is 0 Å². The van der Waals surface area contributed by atoms with E-state index in [9.17, 15) is 9.59 Å². The molecule has 6 heteroatoms. The van der Waals surface area contributed by atoms with Crippen molar-refractivity contribution in [2.45, 2.75) is 38.6 Å². The summed E-state index contributed by atoms with van der Waals surface area (Å²) in [5.41, 5.74) is 1.98. The Morgan fingerprint density at radius 1 is 0.903 bits per heavy atom. The Hall–Kier alpha value is -3.02. The predicted octanol–water partition coefficient (Wildman–Crippen LogP) is 3.85. The van der Waals surface area contributed by atoms with Crippen LogP contribution in [0.1, 0.15) is 48.0 Å². The van der Waals surface area contributed by atoms with Gasteiger partial charge in [-0.05, 0) is 54.9 Å². The molecule has 0 aromatic heterocycles. The fraction of sp³-hybridized carbons (Fsp3) is 0.440. The molecule has 3 aliphatic heterocycles. The summed E-state index contributed by atoms with van der Waals surface area (Å²) in [6.07, 6.45) is 4.44. The van der Waals surface area contributed by atoms with Crippen molar-refractivity contribution in [2.75, 3.05) is 26.4 Å². The van der Waals surface area contributed by atoms with Gasteiger partial charge in [-0.1, -0.05) is 30.3 Å². The standard InChI is InChI=1S/C25H28N2O4/c28-23-8-9-25(12-15-27(23)17-19-4-2-1-3-5-19)10-13-26(14-11-25)24(29)20-6-7-21-22(16-20)31-18-30-21/h1-7,16H,8-15,17-18H2. The third kappa shape index (κ3) is 4.11. The van der Waals surface area contributed by atoms with Gasteiger partial charge in [0.25, 0.3) is 5.91 Å². The van der Waals surface area contributed by atoms with Gasteiger partial charge in [-0.15, -0.1) is 0 Å². The molecule has 0 bridgehead atoms. The lowest BCUT2D eigenvalue weighted by Gasteiger charge is -2.41. The highest BCUT2D eigenvalue weighted by Crippen LogP contribution is 2.42. The maximum atomic E-state index is 13.0. The minimum absolute atomic E-state index is 0.0450. The SMILES string of the molecule is O=C1CCC2(CCN1Cc1ccccc1)CCN(C(=O)c1ccc3c(c1)OCO3)CC2. The summed E-state index contributed by atoms with van der Waals surface area (Å²) in [5, 5.41) is 0. The number of hydrogen-bond acceptors (Lipinski definition) is 4. The molecule has 2 fully saturated rings. The van der Waals surface area contributed by atoms with Gasteiger partial charge in [0.15, 0.2) is 11.5 Å². The Bertz CT molecular complexity index is 967. The van der Waals surface area contributed by atoms with Crippen molar-refractivity contribution < 1.29 is 19.1 Å². The zero-order valence-corrected chi connectivity index (χ0v) is 17.7. The van der Waals surface area contributed by atoms with E-state index in [1.165, 1.54) is 5.56 Å².